The van der Waals surface area contributed by atoms with E-state index in [2.05, 4.69) is 0 Å². The second-order valence-corrected chi connectivity index (χ2v) is 4.10. The molecule has 0 aliphatic heterocycles. The summed E-state index contributed by atoms with van der Waals surface area (Å²) in [4.78, 5) is 9.65. The van der Waals surface area contributed by atoms with E-state index in [0.29, 0.717) is 5.56 Å². The Labute approximate surface area is 110 Å². The van der Waals surface area contributed by atoms with Gasteiger partial charge in [0.15, 0.2) is 0 Å². The van der Waals surface area contributed by atoms with Gasteiger partial charge in [0.2, 0.25) is 0 Å². The Balaban J connectivity index is 0. The first-order valence-electron chi connectivity index (χ1n) is 3.57. The molecule has 0 bridgehead atoms. The van der Waals surface area contributed by atoms with Crippen molar-refractivity contribution in [1.82, 2.24) is 0 Å². The Hall–Kier alpha value is -0.470. The minimum atomic E-state index is -4.08. The zero-order valence-corrected chi connectivity index (χ0v) is 10.8. The Morgan fingerprint density at radius 1 is 1.33 bits per heavy atom. The molecule has 0 aliphatic carbocycles. The normalized spacial score (nSPS) is 10.5. The number of rotatable bonds is 3. The van der Waals surface area contributed by atoms with E-state index in [1.807, 2.05) is 0 Å². The first-order valence-corrected chi connectivity index (χ1v) is 5.18. The summed E-state index contributed by atoms with van der Waals surface area (Å²) in [6.07, 6.45) is 0. The fraction of sp³-hybridized carbons (Fsp3) is 0.143. The molecular weight excluding hydrogens is 233 g/mol. The van der Waals surface area contributed by atoms with Gasteiger partial charge in [-0.1, -0.05) is 12.1 Å². The molecule has 0 unspecified atom stereocenters. The van der Waals surface area contributed by atoms with Crippen molar-refractivity contribution in [2.75, 3.05) is 0 Å². The molecule has 0 atom stereocenters. The molecule has 0 aromatic heterocycles. The molecule has 0 saturated carbocycles. The third-order valence-electron chi connectivity index (χ3n) is 1.50. The van der Waals surface area contributed by atoms with Crippen molar-refractivity contribution in [1.29, 1.82) is 0 Å². The minimum absolute atomic E-state index is 0. The van der Waals surface area contributed by atoms with Gasteiger partial charge < -0.3 is 1.43 Å². The number of nitro groups is 1. The summed E-state index contributed by atoms with van der Waals surface area (Å²) in [7, 11) is -4.08. The maximum absolute atomic E-state index is 10.4. The van der Waals surface area contributed by atoms with Gasteiger partial charge in [0.1, 0.15) is 5.75 Å². The van der Waals surface area contributed by atoms with Crippen molar-refractivity contribution < 1.29 is 48.9 Å². The molecule has 15 heavy (non-hydrogen) atoms. The second-order valence-electron chi connectivity index (χ2n) is 2.65. The average Bonchev–Trinajstić information content (AvgIpc) is 2.02. The number of nitro benzene ring substituents is 1. The van der Waals surface area contributed by atoms with Crippen LogP contribution in [0.2, 0.25) is 0 Å². The molecule has 0 fully saturated rings. The Morgan fingerprint density at radius 3 is 2.13 bits per heavy atom. The SMILES string of the molecule is O=[N+]([O-])c1ccc(CS(=O)(=O)O)cc1.[H-].[Na+]. The molecule has 0 amide bonds. The number of nitrogens with zero attached hydrogens (tertiary/aromatic N) is 1. The van der Waals surface area contributed by atoms with Crippen LogP contribution in [0.4, 0.5) is 5.69 Å². The van der Waals surface area contributed by atoms with Crippen molar-refractivity contribution in [3.05, 3.63) is 39.9 Å². The van der Waals surface area contributed by atoms with Gasteiger partial charge in [-0.15, -0.1) is 0 Å². The van der Waals surface area contributed by atoms with Gasteiger partial charge in [0, 0.05) is 12.1 Å². The number of hydrogen-bond acceptors (Lipinski definition) is 4. The van der Waals surface area contributed by atoms with Crippen molar-refractivity contribution in [3.8, 4) is 0 Å². The molecule has 1 rings (SSSR count). The molecule has 0 radical (unpaired) electrons. The summed E-state index contributed by atoms with van der Waals surface area (Å²) in [5.74, 6) is -0.537. The Morgan fingerprint density at radius 2 is 1.80 bits per heavy atom. The summed E-state index contributed by atoms with van der Waals surface area (Å²) >= 11 is 0. The summed E-state index contributed by atoms with van der Waals surface area (Å²) in [6, 6.07) is 4.93. The summed E-state index contributed by atoms with van der Waals surface area (Å²) in [5, 5.41) is 10.2. The topological polar surface area (TPSA) is 97.5 Å². The molecule has 1 N–H and O–H groups in total. The zero-order chi connectivity index (χ0) is 10.8. The standard InChI is InChI=1S/C7H7NO5S.Na.H/c9-8(10)7-3-1-6(2-4-7)5-14(11,12)13;;/h1-4H,5H2,(H,11,12,13);;/q;+1;-1. The molecular formula is C7H8NNaO5S. The molecule has 1 aromatic carbocycles. The second kappa shape index (κ2) is 5.57. The molecule has 0 saturated heterocycles. The van der Waals surface area contributed by atoms with Gasteiger partial charge in [0.05, 0.1) is 4.92 Å². The maximum Gasteiger partial charge on any atom is 1.00 e. The summed E-state index contributed by atoms with van der Waals surface area (Å²) in [6.45, 7) is 0. The predicted molar refractivity (Wildman–Crippen MR) is 49.5 cm³/mol. The van der Waals surface area contributed by atoms with E-state index < -0.39 is 20.8 Å². The van der Waals surface area contributed by atoms with E-state index in [1.54, 1.807) is 0 Å². The van der Waals surface area contributed by atoms with E-state index in [-0.39, 0.29) is 36.7 Å². The molecule has 1 aromatic rings. The molecule has 0 aliphatic rings. The monoisotopic (exact) mass is 241 g/mol. The van der Waals surface area contributed by atoms with Gasteiger partial charge in [-0.25, -0.2) is 0 Å². The number of benzene rings is 1. The van der Waals surface area contributed by atoms with Crippen LogP contribution in [0.25, 0.3) is 0 Å². The number of non-ortho nitro benzene ring substituents is 1. The summed E-state index contributed by atoms with van der Waals surface area (Å²) in [5.41, 5.74) is 0.183. The first-order chi connectivity index (χ1) is 6.38. The van der Waals surface area contributed by atoms with E-state index in [1.165, 1.54) is 24.3 Å². The quantitative estimate of drug-likeness (QED) is 0.288. The molecule has 0 spiro atoms. The van der Waals surface area contributed by atoms with Gasteiger partial charge in [-0.05, 0) is 5.56 Å². The van der Waals surface area contributed by atoms with Crippen LogP contribution >= 0.6 is 0 Å². The van der Waals surface area contributed by atoms with E-state index in [9.17, 15) is 18.5 Å². The Bertz CT molecular complexity index is 446. The first kappa shape index (κ1) is 14.5. The average molecular weight is 241 g/mol. The minimum Gasteiger partial charge on any atom is -1.00 e. The van der Waals surface area contributed by atoms with Gasteiger partial charge in [-0.2, -0.15) is 8.42 Å². The predicted octanol–water partition coefficient (Wildman–Crippen LogP) is -1.90. The van der Waals surface area contributed by atoms with E-state index in [0.717, 1.165) is 0 Å². The van der Waals surface area contributed by atoms with Crippen molar-refractivity contribution >= 4 is 15.8 Å². The van der Waals surface area contributed by atoms with Crippen LogP contribution in [0.5, 0.6) is 0 Å². The molecule has 0 heterocycles. The smallest absolute Gasteiger partial charge is 1.00 e. The van der Waals surface area contributed by atoms with Crippen LogP contribution in [-0.2, 0) is 15.9 Å². The van der Waals surface area contributed by atoms with Crippen LogP contribution < -0.4 is 29.6 Å². The Kier molecular flexibility index (Phi) is 5.39. The van der Waals surface area contributed by atoms with Crippen molar-refractivity contribution in [3.63, 3.8) is 0 Å². The number of hydrogen-bond donors (Lipinski definition) is 1. The van der Waals surface area contributed by atoms with E-state index in [4.69, 9.17) is 4.55 Å². The maximum atomic E-state index is 10.4. The van der Waals surface area contributed by atoms with Crippen molar-refractivity contribution in [2.45, 2.75) is 5.75 Å². The largest absolute Gasteiger partial charge is 1.00 e. The molecule has 78 valence electrons. The fourth-order valence-electron chi connectivity index (χ4n) is 0.925. The third-order valence-corrected chi connectivity index (χ3v) is 2.19. The van der Waals surface area contributed by atoms with Crippen LogP contribution in [0.3, 0.4) is 0 Å². The van der Waals surface area contributed by atoms with Crippen LogP contribution in [0, 0.1) is 10.1 Å². The van der Waals surface area contributed by atoms with E-state index >= 15 is 0 Å². The molecule has 6 nitrogen and oxygen atoms in total. The van der Waals surface area contributed by atoms with Crippen molar-refractivity contribution in [2.24, 2.45) is 0 Å². The van der Waals surface area contributed by atoms with Crippen LogP contribution in [0.1, 0.15) is 6.99 Å². The molecule has 8 heteroatoms. The fourth-order valence-corrected chi connectivity index (χ4v) is 1.54. The summed E-state index contributed by atoms with van der Waals surface area (Å²) < 4.78 is 29.4. The van der Waals surface area contributed by atoms with Gasteiger partial charge >= 0.3 is 29.6 Å². The third kappa shape index (κ3) is 5.24. The van der Waals surface area contributed by atoms with Crippen LogP contribution in [-0.4, -0.2) is 17.9 Å². The zero-order valence-electron chi connectivity index (χ0n) is 8.95. The van der Waals surface area contributed by atoms with Gasteiger partial charge in [0.25, 0.3) is 15.8 Å². The van der Waals surface area contributed by atoms with Crippen LogP contribution in [0.15, 0.2) is 24.3 Å². The van der Waals surface area contributed by atoms with Gasteiger partial charge in [-0.3, -0.25) is 14.7 Å².